The first-order valence-electron chi connectivity index (χ1n) is 10.0. The Morgan fingerprint density at radius 1 is 1.16 bits per heavy atom. The predicted octanol–water partition coefficient (Wildman–Crippen LogP) is 3.81. The fourth-order valence-electron chi connectivity index (χ4n) is 4.08. The molecule has 0 aliphatic rings. The highest BCUT2D eigenvalue weighted by atomic mass is 16.1. The van der Waals surface area contributed by atoms with Crippen molar-refractivity contribution in [3.63, 3.8) is 0 Å². The molecule has 0 saturated carbocycles. The minimum atomic E-state index is -0.285. The molecule has 0 bridgehead atoms. The van der Waals surface area contributed by atoms with Crippen LogP contribution in [0.5, 0.6) is 0 Å². The zero-order chi connectivity index (χ0) is 22.8. The van der Waals surface area contributed by atoms with Crippen LogP contribution in [0.1, 0.15) is 22.4 Å². The summed E-state index contributed by atoms with van der Waals surface area (Å²) >= 11 is 0. The van der Waals surface area contributed by atoms with Crippen LogP contribution < -0.4 is 17.0 Å². The lowest BCUT2D eigenvalue weighted by atomic mass is 9.90. The Labute approximate surface area is 184 Å². The van der Waals surface area contributed by atoms with E-state index >= 15 is 0 Å². The lowest BCUT2D eigenvalue weighted by molar-refractivity contribution is 0.900. The van der Waals surface area contributed by atoms with Crippen LogP contribution in [-0.2, 0) is 6.54 Å². The number of aryl methyl sites for hydroxylation is 1. The summed E-state index contributed by atoms with van der Waals surface area (Å²) in [5.41, 5.74) is 16.5. The average molecular weight is 422 g/mol. The SMILES string of the molecule is [C-]#[N+]c1c(C(=NC)/C(=C\N)c2ccc3c(=O)[nH]nc(CN)c3c2)cc(C)c2ccccc12. The molecule has 32 heavy (non-hydrogen) atoms. The Hall–Kier alpha value is -4.28. The standard InChI is InChI=1S/C25H22N6O/c1-14-10-20(23(28-2)17-7-5-4-6-16(14)17)24(29-3)21(12-26)15-8-9-18-19(11-15)22(13-27)30-31-25(18)32/h4-12H,13,26-27H2,1,3H3,(H,31,32)/b21-12-,29-24?. The summed E-state index contributed by atoms with van der Waals surface area (Å²) in [5, 5.41) is 9.59. The van der Waals surface area contributed by atoms with Gasteiger partial charge in [-0.1, -0.05) is 36.4 Å². The van der Waals surface area contributed by atoms with Crippen molar-refractivity contribution in [2.75, 3.05) is 7.05 Å². The van der Waals surface area contributed by atoms with E-state index < -0.39 is 0 Å². The Bertz CT molecular complexity index is 1520. The first-order chi connectivity index (χ1) is 15.5. The normalized spacial score (nSPS) is 12.3. The van der Waals surface area contributed by atoms with Gasteiger partial charge < -0.3 is 11.5 Å². The molecule has 0 spiro atoms. The predicted molar refractivity (Wildman–Crippen MR) is 130 cm³/mol. The second-order valence-corrected chi connectivity index (χ2v) is 7.36. The van der Waals surface area contributed by atoms with Gasteiger partial charge in [0.15, 0.2) is 0 Å². The number of rotatable bonds is 4. The summed E-state index contributed by atoms with van der Waals surface area (Å²) in [4.78, 5) is 20.6. The molecule has 0 fully saturated rings. The van der Waals surface area contributed by atoms with Crippen molar-refractivity contribution < 1.29 is 0 Å². The second kappa shape index (κ2) is 8.46. The van der Waals surface area contributed by atoms with Crippen molar-refractivity contribution in [3.05, 3.63) is 98.9 Å². The van der Waals surface area contributed by atoms with Gasteiger partial charge in [-0.2, -0.15) is 5.10 Å². The smallest absolute Gasteiger partial charge is 0.272 e. The number of hydrogen-bond acceptors (Lipinski definition) is 5. The number of aliphatic imine (C=N–C) groups is 1. The zero-order valence-corrected chi connectivity index (χ0v) is 17.8. The Morgan fingerprint density at radius 3 is 2.56 bits per heavy atom. The molecule has 0 atom stereocenters. The molecule has 7 heteroatoms. The van der Waals surface area contributed by atoms with Gasteiger partial charge in [0, 0.05) is 36.3 Å². The first kappa shape index (κ1) is 21.0. The van der Waals surface area contributed by atoms with Crippen LogP contribution in [0.3, 0.4) is 0 Å². The van der Waals surface area contributed by atoms with Crippen LogP contribution in [-0.4, -0.2) is 23.0 Å². The third-order valence-electron chi connectivity index (χ3n) is 5.61. The Morgan fingerprint density at radius 2 is 1.91 bits per heavy atom. The molecular formula is C25H22N6O. The highest BCUT2D eigenvalue weighted by Gasteiger charge is 2.19. The van der Waals surface area contributed by atoms with Gasteiger partial charge in [-0.15, -0.1) is 0 Å². The van der Waals surface area contributed by atoms with E-state index in [1.165, 1.54) is 6.20 Å². The maximum Gasteiger partial charge on any atom is 0.272 e. The number of nitrogens with zero attached hydrogens (tertiary/aromatic N) is 3. The number of allylic oxidation sites excluding steroid dienone is 1. The molecule has 7 nitrogen and oxygen atoms in total. The van der Waals surface area contributed by atoms with Crippen molar-refractivity contribution in [1.29, 1.82) is 0 Å². The van der Waals surface area contributed by atoms with Gasteiger partial charge in [0.2, 0.25) is 5.69 Å². The van der Waals surface area contributed by atoms with Crippen LogP contribution >= 0.6 is 0 Å². The van der Waals surface area contributed by atoms with Crippen LogP contribution in [0.15, 0.2) is 64.5 Å². The summed E-state index contributed by atoms with van der Waals surface area (Å²) in [6.45, 7) is 10.0. The van der Waals surface area contributed by atoms with Gasteiger partial charge in [-0.05, 0) is 41.0 Å². The van der Waals surface area contributed by atoms with Crippen molar-refractivity contribution in [1.82, 2.24) is 10.2 Å². The summed E-state index contributed by atoms with van der Waals surface area (Å²) in [6, 6.07) is 15.2. The van der Waals surface area contributed by atoms with E-state index in [0.717, 1.165) is 21.9 Å². The van der Waals surface area contributed by atoms with Gasteiger partial charge in [-0.3, -0.25) is 9.79 Å². The van der Waals surface area contributed by atoms with E-state index in [-0.39, 0.29) is 12.1 Å². The van der Waals surface area contributed by atoms with Gasteiger partial charge in [0.25, 0.3) is 5.56 Å². The Balaban J connectivity index is 1.96. The molecule has 0 aliphatic carbocycles. The molecule has 0 radical (unpaired) electrons. The number of fused-ring (bicyclic) bond motifs is 2. The largest absolute Gasteiger partial charge is 0.404 e. The minimum Gasteiger partial charge on any atom is -0.404 e. The van der Waals surface area contributed by atoms with E-state index in [4.69, 9.17) is 18.0 Å². The maximum atomic E-state index is 12.2. The van der Waals surface area contributed by atoms with Gasteiger partial charge in [0.1, 0.15) is 0 Å². The van der Waals surface area contributed by atoms with Crippen molar-refractivity contribution >= 4 is 38.5 Å². The zero-order valence-electron chi connectivity index (χ0n) is 17.8. The number of nitrogens with one attached hydrogen (secondary N) is 1. The summed E-state index contributed by atoms with van der Waals surface area (Å²) in [6.07, 6.45) is 1.48. The number of nitrogens with two attached hydrogens (primary N) is 2. The molecule has 1 aromatic heterocycles. The minimum absolute atomic E-state index is 0.179. The van der Waals surface area contributed by atoms with E-state index in [1.807, 2.05) is 49.4 Å². The lowest BCUT2D eigenvalue weighted by Crippen LogP contribution is -2.14. The number of aromatic nitrogens is 2. The van der Waals surface area contributed by atoms with Gasteiger partial charge in [0.05, 0.1) is 23.4 Å². The third-order valence-corrected chi connectivity index (χ3v) is 5.61. The summed E-state index contributed by atoms with van der Waals surface area (Å²) < 4.78 is 0. The van der Waals surface area contributed by atoms with Crippen molar-refractivity contribution in [2.45, 2.75) is 13.5 Å². The molecule has 5 N–H and O–H groups in total. The first-order valence-corrected chi connectivity index (χ1v) is 10.0. The molecule has 0 unspecified atom stereocenters. The number of H-pyrrole nitrogens is 1. The highest BCUT2D eigenvalue weighted by Crippen LogP contribution is 2.36. The van der Waals surface area contributed by atoms with Crippen molar-refractivity contribution in [2.24, 2.45) is 16.5 Å². The fraction of sp³-hybridized carbons (Fsp3) is 0.120. The molecule has 158 valence electrons. The van der Waals surface area contributed by atoms with Gasteiger partial charge >= 0.3 is 0 Å². The summed E-state index contributed by atoms with van der Waals surface area (Å²) in [5.74, 6) is 0. The number of hydrogen-bond donors (Lipinski definition) is 3. The molecule has 4 rings (SSSR count). The molecular weight excluding hydrogens is 400 g/mol. The van der Waals surface area contributed by atoms with E-state index in [1.54, 1.807) is 13.1 Å². The summed E-state index contributed by atoms with van der Waals surface area (Å²) in [7, 11) is 1.68. The Kier molecular flexibility index (Phi) is 5.54. The molecule has 0 amide bonds. The highest BCUT2D eigenvalue weighted by molar-refractivity contribution is 6.35. The fourth-order valence-corrected chi connectivity index (χ4v) is 4.08. The van der Waals surface area contributed by atoms with Crippen molar-refractivity contribution in [3.8, 4) is 0 Å². The lowest BCUT2D eigenvalue weighted by Gasteiger charge is -2.16. The average Bonchev–Trinajstić information content (AvgIpc) is 2.82. The van der Waals surface area contributed by atoms with E-state index in [9.17, 15) is 4.79 Å². The second-order valence-electron chi connectivity index (χ2n) is 7.36. The number of aromatic amines is 1. The van der Waals surface area contributed by atoms with Crippen LogP contribution in [0.25, 0.3) is 32.0 Å². The van der Waals surface area contributed by atoms with E-state index in [0.29, 0.717) is 39.0 Å². The molecule has 0 saturated heterocycles. The van der Waals surface area contributed by atoms with E-state index in [2.05, 4.69) is 20.0 Å². The molecule has 4 aromatic rings. The molecule has 3 aromatic carbocycles. The maximum absolute atomic E-state index is 12.2. The quantitative estimate of drug-likeness (QED) is 0.343. The third kappa shape index (κ3) is 3.33. The van der Waals surface area contributed by atoms with Gasteiger partial charge in [-0.25, -0.2) is 9.94 Å². The van der Waals surface area contributed by atoms with Crippen LogP contribution in [0, 0.1) is 13.5 Å². The molecule has 0 aliphatic heterocycles. The molecule has 1 heterocycles. The van der Waals surface area contributed by atoms with Crippen LogP contribution in [0.2, 0.25) is 0 Å². The monoisotopic (exact) mass is 422 g/mol. The topological polar surface area (TPSA) is 115 Å². The number of benzene rings is 3. The van der Waals surface area contributed by atoms with Crippen LogP contribution in [0.4, 0.5) is 5.69 Å².